The molecule has 3 heterocycles. The fraction of sp³-hybridized carbons (Fsp3) is 0.550. The van der Waals surface area contributed by atoms with E-state index >= 15 is 0 Å². The molecule has 0 amide bonds. The van der Waals surface area contributed by atoms with Gasteiger partial charge in [0, 0.05) is 55.6 Å². The Morgan fingerprint density at radius 3 is 2.81 bits per heavy atom. The van der Waals surface area contributed by atoms with Crippen LogP contribution in [0.25, 0.3) is 0 Å². The Morgan fingerprint density at radius 2 is 2.04 bits per heavy atom. The quantitative estimate of drug-likeness (QED) is 0.837. The zero-order chi connectivity index (χ0) is 17.9. The first-order chi connectivity index (χ1) is 12.7. The van der Waals surface area contributed by atoms with Gasteiger partial charge in [0.2, 0.25) is 5.88 Å². The lowest BCUT2D eigenvalue weighted by molar-refractivity contribution is 0.241. The van der Waals surface area contributed by atoms with Gasteiger partial charge in [-0.3, -0.25) is 4.90 Å². The van der Waals surface area contributed by atoms with Crippen LogP contribution in [0.2, 0.25) is 0 Å². The normalized spacial score (nSPS) is 18.5. The second kappa shape index (κ2) is 7.66. The van der Waals surface area contributed by atoms with Crippen molar-refractivity contribution in [1.29, 1.82) is 0 Å². The van der Waals surface area contributed by atoms with E-state index in [-0.39, 0.29) is 5.88 Å². The van der Waals surface area contributed by atoms with Gasteiger partial charge in [-0.15, -0.1) is 0 Å². The summed E-state index contributed by atoms with van der Waals surface area (Å²) in [4.78, 5) is 15.9. The van der Waals surface area contributed by atoms with Gasteiger partial charge < -0.3 is 4.74 Å². The summed E-state index contributed by atoms with van der Waals surface area (Å²) in [7, 11) is 1.42. The molecule has 1 fully saturated rings. The van der Waals surface area contributed by atoms with Crippen molar-refractivity contribution in [3.63, 3.8) is 0 Å². The fourth-order valence-corrected chi connectivity index (χ4v) is 4.04. The van der Waals surface area contributed by atoms with Crippen LogP contribution >= 0.6 is 0 Å². The van der Waals surface area contributed by atoms with Crippen LogP contribution in [0.1, 0.15) is 60.7 Å². The van der Waals surface area contributed by atoms with E-state index in [1.165, 1.54) is 56.5 Å². The number of aromatic nitrogens is 3. The molecule has 0 radical (unpaired) electrons. The Kier molecular flexibility index (Phi) is 5.11. The molecular formula is C20H25FN4O. The van der Waals surface area contributed by atoms with E-state index in [1.54, 1.807) is 6.20 Å². The van der Waals surface area contributed by atoms with Gasteiger partial charge in [-0.2, -0.15) is 0 Å². The zero-order valence-electron chi connectivity index (χ0n) is 15.2. The second-order valence-corrected chi connectivity index (χ2v) is 7.33. The molecule has 138 valence electrons. The average Bonchev–Trinajstić information content (AvgIpc) is 2.68. The first kappa shape index (κ1) is 17.3. The van der Waals surface area contributed by atoms with Gasteiger partial charge in [-0.1, -0.05) is 19.3 Å². The molecule has 1 saturated carbocycles. The predicted molar refractivity (Wildman–Crippen MR) is 96.4 cm³/mol. The molecule has 26 heavy (non-hydrogen) atoms. The molecule has 0 spiro atoms. The lowest BCUT2D eigenvalue weighted by Crippen LogP contribution is -2.31. The molecule has 4 rings (SSSR count). The van der Waals surface area contributed by atoms with Crippen LogP contribution in [-0.2, 0) is 19.5 Å². The van der Waals surface area contributed by atoms with Crippen molar-refractivity contribution in [2.24, 2.45) is 0 Å². The van der Waals surface area contributed by atoms with E-state index < -0.39 is 5.82 Å². The van der Waals surface area contributed by atoms with Gasteiger partial charge in [0.15, 0.2) is 5.82 Å². The van der Waals surface area contributed by atoms with Crippen LogP contribution in [0.15, 0.2) is 18.5 Å². The predicted octanol–water partition coefficient (Wildman–Crippen LogP) is 3.63. The minimum Gasteiger partial charge on any atom is -0.479 e. The molecule has 0 unspecified atom stereocenters. The summed E-state index contributed by atoms with van der Waals surface area (Å²) in [6, 6.07) is 1.50. The van der Waals surface area contributed by atoms with Crippen molar-refractivity contribution in [3.8, 4) is 5.88 Å². The molecule has 6 heteroatoms. The Hall–Kier alpha value is -2.08. The maximum atomic E-state index is 13.8. The minimum atomic E-state index is -0.414. The van der Waals surface area contributed by atoms with Crippen LogP contribution in [0.5, 0.6) is 5.88 Å². The first-order valence-corrected chi connectivity index (χ1v) is 9.48. The minimum absolute atomic E-state index is 0.0429. The van der Waals surface area contributed by atoms with Crippen molar-refractivity contribution in [1.82, 2.24) is 19.9 Å². The Labute approximate surface area is 153 Å². The molecule has 2 aromatic rings. The molecule has 0 saturated heterocycles. The van der Waals surface area contributed by atoms with Crippen molar-refractivity contribution in [2.75, 3.05) is 13.7 Å². The van der Waals surface area contributed by atoms with Gasteiger partial charge in [-0.25, -0.2) is 19.3 Å². The first-order valence-electron chi connectivity index (χ1n) is 9.48. The van der Waals surface area contributed by atoms with Crippen molar-refractivity contribution in [3.05, 3.63) is 46.9 Å². The molecule has 2 aromatic heterocycles. The van der Waals surface area contributed by atoms with E-state index in [1.807, 2.05) is 6.20 Å². The van der Waals surface area contributed by atoms with E-state index in [0.717, 1.165) is 30.9 Å². The lowest BCUT2D eigenvalue weighted by atomic mass is 9.88. The van der Waals surface area contributed by atoms with Crippen LogP contribution < -0.4 is 4.74 Å². The van der Waals surface area contributed by atoms with Crippen LogP contribution in [0.3, 0.4) is 0 Å². The summed E-state index contributed by atoms with van der Waals surface area (Å²) in [6.07, 6.45) is 11.0. The average molecular weight is 356 g/mol. The summed E-state index contributed by atoms with van der Waals surface area (Å²) in [5, 5.41) is 0. The largest absolute Gasteiger partial charge is 0.479 e. The fourth-order valence-electron chi connectivity index (χ4n) is 4.04. The van der Waals surface area contributed by atoms with Crippen LogP contribution in [0.4, 0.5) is 4.39 Å². The van der Waals surface area contributed by atoms with Gasteiger partial charge in [0.05, 0.1) is 7.11 Å². The third-order valence-electron chi connectivity index (χ3n) is 5.47. The van der Waals surface area contributed by atoms with E-state index in [2.05, 4.69) is 14.9 Å². The van der Waals surface area contributed by atoms with Crippen LogP contribution in [-0.4, -0.2) is 33.5 Å². The summed E-state index contributed by atoms with van der Waals surface area (Å²) < 4.78 is 18.7. The molecule has 1 aliphatic heterocycles. The number of nitrogens with zero attached hydrogens (tertiary/aromatic N) is 4. The topological polar surface area (TPSA) is 51.1 Å². The highest BCUT2D eigenvalue weighted by Gasteiger charge is 2.23. The smallest absolute Gasteiger partial charge is 0.250 e. The Morgan fingerprint density at radius 1 is 1.19 bits per heavy atom. The van der Waals surface area contributed by atoms with E-state index in [9.17, 15) is 4.39 Å². The number of hydrogen-bond acceptors (Lipinski definition) is 5. The standard InChI is InChI=1S/C20H25FN4O/c1-26-20-17(21)9-14(10-23-20)12-25-8-7-18-16(13-25)11-22-19(24-18)15-5-3-2-4-6-15/h9-11,15H,2-8,12-13H2,1H3. The van der Waals surface area contributed by atoms with Crippen LogP contribution in [0, 0.1) is 5.82 Å². The Balaban J connectivity index is 1.43. The second-order valence-electron chi connectivity index (χ2n) is 7.33. The number of ether oxygens (including phenoxy) is 1. The number of pyridine rings is 1. The number of rotatable bonds is 4. The van der Waals surface area contributed by atoms with Crippen molar-refractivity contribution >= 4 is 0 Å². The van der Waals surface area contributed by atoms with Crippen molar-refractivity contribution < 1.29 is 9.13 Å². The Bertz CT molecular complexity index is 776. The highest BCUT2D eigenvalue weighted by molar-refractivity contribution is 5.23. The molecule has 0 N–H and O–H groups in total. The number of hydrogen-bond donors (Lipinski definition) is 0. The summed E-state index contributed by atoms with van der Waals surface area (Å²) >= 11 is 0. The maximum absolute atomic E-state index is 13.8. The summed E-state index contributed by atoms with van der Waals surface area (Å²) in [5.74, 6) is 1.21. The van der Waals surface area contributed by atoms with Gasteiger partial charge in [0.25, 0.3) is 0 Å². The third kappa shape index (κ3) is 3.70. The monoisotopic (exact) mass is 356 g/mol. The molecule has 5 nitrogen and oxygen atoms in total. The molecule has 0 aromatic carbocycles. The number of fused-ring (bicyclic) bond motifs is 1. The summed E-state index contributed by atoms with van der Waals surface area (Å²) in [6.45, 7) is 2.38. The maximum Gasteiger partial charge on any atom is 0.250 e. The summed E-state index contributed by atoms with van der Waals surface area (Å²) in [5.41, 5.74) is 3.24. The van der Waals surface area contributed by atoms with E-state index in [4.69, 9.17) is 9.72 Å². The van der Waals surface area contributed by atoms with Gasteiger partial charge in [-0.05, 0) is 24.5 Å². The molecule has 2 aliphatic rings. The number of halogens is 1. The highest BCUT2D eigenvalue weighted by atomic mass is 19.1. The zero-order valence-corrected chi connectivity index (χ0v) is 15.2. The van der Waals surface area contributed by atoms with Crippen molar-refractivity contribution in [2.45, 2.75) is 57.5 Å². The SMILES string of the molecule is COc1ncc(CN2CCc3nc(C4CCCCC4)ncc3C2)cc1F. The highest BCUT2D eigenvalue weighted by Crippen LogP contribution is 2.31. The third-order valence-corrected chi connectivity index (χ3v) is 5.47. The molecule has 0 atom stereocenters. The van der Waals surface area contributed by atoms with Gasteiger partial charge in [0.1, 0.15) is 5.82 Å². The molecular weight excluding hydrogens is 331 g/mol. The van der Waals surface area contributed by atoms with E-state index in [0.29, 0.717) is 12.5 Å². The lowest BCUT2D eigenvalue weighted by Gasteiger charge is -2.29. The molecule has 1 aliphatic carbocycles. The molecule has 0 bridgehead atoms. The van der Waals surface area contributed by atoms with Gasteiger partial charge >= 0.3 is 0 Å². The number of methoxy groups -OCH3 is 1.